The van der Waals surface area contributed by atoms with Gasteiger partial charge < -0.3 is 14.8 Å². The number of hydrogen-bond acceptors (Lipinski definition) is 3. The number of nitrogens with zero attached hydrogens (tertiary/aromatic N) is 1. The maximum Gasteiger partial charge on any atom is 0.226 e. The minimum atomic E-state index is -0.500. The first kappa shape index (κ1) is 18.2. The van der Waals surface area contributed by atoms with Gasteiger partial charge in [-0.05, 0) is 47.2 Å². The SMILES string of the molecule is C=CN1CCCC1=O.CC(C)(C)O.CC(C)=O. The molecule has 1 fully saturated rings. The lowest BCUT2D eigenvalue weighted by atomic mass is 10.2. The summed E-state index contributed by atoms with van der Waals surface area (Å²) < 4.78 is 0. The van der Waals surface area contributed by atoms with E-state index in [9.17, 15) is 9.59 Å². The smallest absolute Gasteiger partial charge is 0.226 e. The van der Waals surface area contributed by atoms with E-state index >= 15 is 0 Å². The Morgan fingerprint density at radius 3 is 1.88 bits per heavy atom. The van der Waals surface area contributed by atoms with Crippen molar-refractivity contribution in [2.45, 2.75) is 53.1 Å². The summed E-state index contributed by atoms with van der Waals surface area (Å²) >= 11 is 0. The third kappa shape index (κ3) is 20.8. The molecule has 0 aromatic heterocycles. The van der Waals surface area contributed by atoms with E-state index in [4.69, 9.17) is 5.11 Å². The van der Waals surface area contributed by atoms with Gasteiger partial charge >= 0.3 is 0 Å². The number of rotatable bonds is 1. The topological polar surface area (TPSA) is 57.6 Å². The van der Waals surface area contributed by atoms with E-state index in [1.807, 2.05) is 0 Å². The maximum absolute atomic E-state index is 10.7. The lowest BCUT2D eigenvalue weighted by Gasteiger charge is -2.05. The Labute approximate surface area is 104 Å². The molecule has 1 rings (SSSR count). The van der Waals surface area contributed by atoms with Crippen LogP contribution >= 0.6 is 0 Å². The quantitative estimate of drug-likeness (QED) is 0.767. The lowest BCUT2D eigenvalue weighted by Crippen LogP contribution is -2.16. The van der Waals surface area contributed by atoms with Gasteiger partial charge in [-0.3, -0.25) is 4.79 Å². The van der Waals surface area contributed by atoms with Crippen LogP contribution in [0.15, 0.2) is 12.8 Å². The molecule has 4 heteroatoms. The van der Waals surface area contributed by atoms with Crippen molar-refractivity contribution in [2.75, 3.05) is 6.54 Å². The third-order valence-electron chi connectivity index (χ3n) is 1.33. The Morgan fingerprint density at radius 1 is 1.41 bits per heavy atom. The summed E-state index contributed by atoms with van der Waals surface area (Å²) in [5.74, 6) is 0.375. The van der Waals surface area contributed by atoms with Crippen molar-refractivity contribution in [3.8, 4) is 0 Å². The fraction of sp³-hybridized carbons (Fsp3) is 0.692. The number of aliphatic hydroxyl groups is 1. The molecule has 1 aliphatic rings. The van der Waals surface area contributed by atoms with Crippen LogP contribution in [0.25, 0.3) is 0 Å². The first-order valence-corrected chi connectivity index (χ1v) is 5.69. The molecule has 17 heavy (non-hydrogen) atoms. The lowest BCUT2D eigenvalue weighted by molar-refractivity contribution is -0.125. The second-order valence-corrected chi connectivity index (χ2v) is 4.95. The van der Waals surface area contributed by atoms with Crippen molar-refractivity contribution in [1.82, 2.24) is 4.90 Å². The minimum absolute atomic E-state index is 0.167. The standard InChI is InChI=1S/C6H9NO.C4H10O.C3H6O/c1-2-7-5-3-4-6(7)8;1-4(2,3)5;1-3(2)4/h2H,1,3-5H2;5H,1-3H3;1-2H3. The normalized spacial score (nSPS) is 14.2. The number of ketones is 1. The Morgan fingerprint density at radius 2 is 1.76 bits per heavy atom. The molecule has 0 unspecified atom stereocenters. The summed E-state index contributed by atoms with van der Waals surface area (Å²) in [5, 5.41) is 8.52. The Hall–Kier alpha value is -1.16. The summed E-state index contributed by atoms with van der Waals surface area (Å²) in [4.78, 5) is 21.8. The highest BCUT2D eigenvalue weighted by molar-refractivity contribution is 5.78. The summed E-state index contributed by atoms with van der Waals surface area (Å²) in [6.45, 7) is 12.6. The van der Waals surface area contributed by atoms with Crippen LogP contribution in [0.4, 0.5) is 0 Å². The van der Waals surface area contributed by atoms with Crippen LogP contribution in [0.3, 0.4) is 0 Å². The first-order chi connectivity index (χ1) is 7.57. The first-order valence-electron chi connectivity index (χ1n) is 5.69. The summed E-state index contributed by atoms with van der Waals surface area (Å²) in [6, 6.07) is 0. The molecule has 0 radical (unpaired) electrons. The van der Waals surface area contributed by atoms with Crippen molar-refractivity contribution >= 4 is 11.7 Å². The fourth-order valence-electron chi connectivity index (χ4n) is 0.862. The number of hydrogen-bond donors (Lipinski definition) is 1. The van der Waals surface area contributed by atoms with Gasteiger partial charge in [-0.2, -0.15) is 0 Å². The number of likely N-dealkylation sites (tertiary alicyclic amines) is 1. The summed E-state index contributed by atoms with van der Waals surface area (Å²) in [6.07, 6.45) is 3.28. The van der Waals surface area contributed by atoms with E-state index in [0.717, 1.165) is 13.0 Å². The molecule has 0 aliphatic carbocycles. The molecule has 4 nitrogen and oxygen atoms in total. The van der Waals surface area contributed by atoms with Crippen LogP contribution in [0.1, 0.15) is 47.5 Å². The maximum atomic E-state index is 10.7. The van der Waals surface area contributed by atoms with Crippen molar-refractivity contribution in [3.63, 3.8) is 0 Å². The van der Waals surface area contributed by atoms with Crippen LogP contribution in [-0.4, -0.2) is 33.8 Å². The highest BCUT2D eigenvalue weighted by Crippen LogP contribution is 2.08. The zero-order valence-electron chi connectivity index (χ0n) is 11.6. The van der Waals surface area contributed by atoms with E-state index < -0.39 is 5.60 Å². The summed E-state index contributed by atoms with van der Waals surface area (Å²) in [7, 11) is 0. The predicted octanol–water partition coefficient (Wildman–Crippen LogP) is 2.12. The van der Waals surface area contributed by atoms with E-state index in [1.54, 1.807) is 31.9 Å². The monoisotopic (exact) mass is 243 g/mol. The van der Waals surface area contributed by atoms with Gasteiger partial charge in [0.25, 0.3) is 0 Å². The second kappa shape index (κ2) is 8.93. The minimum Gasteiger partial charge on any atom is -0.391 e. The highest BCUT2D eigenvalue weighted by atomic mass is 16.3. The predicted molar refractivity (Wildman–Crippen MR) is 69.5 cm³/mol. The molecule has 1 aliphatic heterocycles. The Kier molecular flexibility index (Phi) is 9.57. The average molecular weight is 243 g/mol. The van der Waals surface area contributed by atoms with Crippen molar-refractivity contribution in [2.24, 2.45) is 0 Å². The van der Waals surface area contributed by atoms with Gasteiger partial charge in [-0.25, -0.2) is 0 Å². The highest BCUT2D eigenvalue weighted by Gasteiger charge is 2.15. The van der Waals surface area contributed by atoms with Crippen LogP contribution in [0, 0.1) is 0 Å². The van der Waals surface area contributed by atoms with Gasteiger partial charge in [0, 0.05) is 13.0 Å². The molecule has 1 amide bonds. The molecule has 1 N–H and O–H groups in total. The van der Waals surface area contributed by atoms with Crippen LogP contribution in [0.2, 0.25) is 0 Å². The zero-order valence-corrected chi connectivity index (χ0v) is 11.6. The molecule has 0 aromatic carbocycles. The Bertz CT molecular complexity index is 244. The molecular weight excluding hydrogens is 218 g/mol. The van der Waals surface area contributed by atoms with Crippen molar-refractivity contribution in [1.29, 1.82) is 0 Å². The van der Waals surface area contributed by atoms with Crippen molar-refractivity contribution in [3.05, 3.63) is 12.8 Å². The zero-order chi connectivity index (χ0) is 14.1. The number of carbonyl (C=O) groups excluding carboxylic acids is 2. The Balaban J connectivity index is 0. The van der Waals surface area contributed by atoms with Crippen molar-refractivity contribution < 1.29 is 14.7 Å². The molecule has 1 saturated heterocycles. The van der Waals surface area contributed by atoms with Gasteiger partial charge in [-0.15, -0.1) is 0 Å². The molecule has 100 valence electrons. The van der Waals surface area contributed by atoms with Gasteiger partial charge in [0.1, 0.15) is 5.78 Å². The molecule has 1 heterocycles. The fourth-order valence-corrected chi connectivity index (χ4v) is 0.862. The average Bonchev–Trinajstić information content (AvgIpc) is 2.46. The molecular formula is C13H25NO3. The van der Waals surface area contributed by atoms with Gasteiger partial charge in [-0.1, -0.05) is 6.58 Å². The second-order valence-electron chi connectivity index (χ2n) is 4.95. The van der Waals surface area contributed by atoms with E-state index in [-0.39, 0.29) is 11.7 Å². The molecule has 0 spiro atoms. The number of carbonyl (C=O) groups is 2. The van der Waals surface area contributed by atoms with Gasteiger partial charge in [0.2, 0.25) is 5.91 Å². The number of Topliss-reactive ketones (excluding diaryl/α,β-unsaturated/α-hetero) is 1. The van der Waals surface area contributed by atoms with E-state index in [2.05, 4.69) is 6.58 Å². The molecule has 0 atom stereocenters. The third-order valence-corrected chi connectivity index (χ3v) is 1.33. The van der Waals surface area contributed by atoms with Crippen LogP contribution in [-0.2, 0) is 9.59 Å². The van der Waals surface area contributed by atoms with Crippen LogP contribution < -0.4 is 0 Å². The molecule has 0 aromatic rings. The number of amides is 1. The summed E-state index contributed by atoms with van der Waals surface area (Å²) in [5.41, 5.74) is -0.500. The van der Waals surface area contributed by atoms with Crippen LogP contribution in [0.5, 0.6) is 0 Å². The largest absolute Gasteiger partial charge is 0.391 e. The van der Waals surface area contributed by atoms with Gasteiger partial charge in [0.05, 0.1) is 5.60 Å². The van der Waals surface area contributed by atoms with E-state index in [0.29, 0.717) is 6.42 Å². The molecule has 0 bridgehead atoms. The van der Waals surface area contributed by atoms with Gasteiger partial charge in [0.15, 0.2) is 0 Å². The molecule has 0 saturated carbocycles. The van der Waals surface area contributed by atoms with E-state index in [1.165, 1.54) is 13.8 Å².